The number of benzene rings is 1. The van der Waals surface area contributed by atoms with E-state index >= 15 is 0 Å². The summed E-state index contributed by atoms with van der Waals surface area (Å²) in [5.74, 6) is 0.854. The van der Waals surface area contributed by atoms with E-state index in [4.69, 9.17) is 4.74 Å². The van der Waals surface area contributed by atoms with Crippen LogP contribution < -0.4 is 5.32 Å². The van der Waals surface area contributed by atoms with Gasteiger partial charge in [0.05, 0.1) is 18.4 Å². The van der Waals surface area contributed by atoms with Gasteiger partial charge in [0.15, 0.2) is 5.16 Å². The van der Waals surface area contributed by atoms with E-state index in [-0.39, 0.29) is 29.5 Å². The highest BCUT2D eigenvalue weighted by molar-refractivity contribution is 7.99. The molecule has 1 aromatic heterocycles. The topological polar surface area (TPSA) is 69.0 Å². The lowest BCUT2D eigenvalue weighted by Crippen LogP contribution is -2.19. The summed E-state index contributed by atoms with van der Waals surface area (Å²) >= 11 is 1.35. The molecule has 140 valence electrons. The summed E-state index contributed by atoms with van der Waals surface area (Å²) in [5, 5.41) is 12.0. The number of aromatic nitrogens is 3. The molecule has 1 fully saturated rings. The van der Waals surface area contributed by atoms with Crippen molar-refractivity contribution < 1.29 is 13.9 Å². The summed E-state index contributed by atoms with van der Waals surface area (Å²) < 4.78 is 20.7. The molecule has 1 N–H and O–H groups in total. The van der Waals surface area contributed by atoms with Gasteiger partial charge in [-0.3, -0.25) is 4.79 Å². The minimum atomic E-state index is -0.333. The number of carbonyl (C=O) groups is 1. The van der Waals surface area contributed by atoms with Gasteiger partial charge in [0.25, 0.3) is 0 Å². The van der Waals surface area contributed by atoms with Crippen LogP contribution in [0.25, 0.3) is 0 Å². The smallest absolute Gasteiger partial charge is 0.234 e. The predicted octanol–water partition coefficient (Wildman–Crippen LogP) is 3.45. The zero-order chi connectivity index (χ0) is 18.5. The molecule has 0 aliphatic carbocycles. The molecule has 6 nitrogen and oxygen atoms in total. The van der Waals surface area contributed by atoms with Gasteiger partial charge in [-0.2, -0.15) is 0 Å². The third kappa shape index (κ3) is 4.82. The van der Waals surface area contributed by atoms with Gasteiger partial charge in [-0.25, -0.2) is 4.39 Å². The number of hydrogen-bond donors (Lipinski definition) is 1. The Kier molecular flexibility index (Phi) is 6.26. The van der Waals surface area contributed by atoms with Crippen molar-refractivity contribution in [1.82, 2.24) is 14.8 Å². The average molecular weight is 378 g/mol. The Morgan fingerprint density at radius 3 is 2.81 bits per heavy atom. The molecule has 8 heteroatoms. The molecule has 26 heavy (non-hydrogen) atoms. The number of carbonyl (C=O) groups excluding carboxylic acids is 1. The third-order valence-corrected chi connectivity index (χ3v) is 5.10. The van der Waals surface area contributed by atoms with Crippen molar-refractivity contribution >= 4 is 23.4 Å². The summed E-state index contributed by atoms with van der Waals surface area (Å²) in [4.78, 5) is 12.2. The molecule has 1 amide bonds. The van der Waals surface area contributed by atoms with E-state index in [9.17, 15) is 9.18 Å². The van der Waals surface area contributed by atoms with Crippen molar-refractivity contribution in [3.05, 3.63) is 35.9 Å². The van der Waals surface area contributed by atoms with Gasteiger partial charge in [-0.1, -0.05) is 25.6 Å². The van der Waals surface area contributed by atoms with E-state index in [1.54, 1.807) is 0 Å². The van der Waals surface area contributed by atoms with Crippen LogP contribution in [0.5, 0.6) is 0 Å². The maximum atomic E-state index is 12.9. The third-order valence-electron chi connectivity index (χ3n) is 4.13. The van der Waals surface area contributed by atoms with Crippen molar-refractivity contribution in [1.29, 1.82) is 0 Å². The number of halogens is 1. The van der Waals surface area contributed by atoms with Crippen LogP contribution in [0.4, 0.5) is 10.1 Å². The van der Waals surface area contributed by atoms with Crippen LogP contribution in [-0.2, 0) is 16.1 Å². The first-order valence-corrected chi connectivity index (χ1v) is 9.74. The second kappa shape index (κ2) is 8.64. The normalized spacial score (nSPS) is 17.0. The summed E-state index contributed by atoms with van der Waals surface area (Å²) in [7, 11) is 0. The number of anilines is 1. The van der Waals surface area contributed by atoms with Gasteiger partial charge in [0.1, 0.15) is 11.6 Å². The zero-order valence-electron chi connectivity index (χ0n) is 14.9. The maximum Gasteiger partial charge on any atom is 0.234 e. The van der Waals surface area contributed by atoms with E-state index in [2.05, 4.69) is 33.9 Å². The van der Waals surface area contributed by atoms with Crippen LogP contribution in [0.1, 0.15) is 38.4 Å². The molecular weight excluding hydrogens is 355 g/mol. The van der Waals surface area contributed by atoms with E-state index in [1.807, 2.05) is 0 Å². The van der Waals surface area contributed by atoms with Crippen LogP contribution in [0, 0.1) is 5.82 Å². The first-order valence-electron chi connectivity index (χ1n) is 8.76. The predicted molar refractivity (Wildman–Crippen MR) is 98.8 cm³/mol. The van der Waals surface area contributed by atoms with Crippen molar-refractivity contribution in [3.63, 3.8) is 0 Å². The monoisotopic (exact) mass is 378 g/mol. The van der Waals surface area contributed by atoms with Gasteiger partial charge in [-0.15, -0.1) is 10.2 Å². The largest absolute Gasteiger partial charge is 0.376 e. The molecule has 3 rings (SSSR count). The van der Waals surface area contributed by atoms with Gasteiger partial charge in [0.2, 0.25) is 5.91 Å². The number of nitrogens with one attached hydrogen (secondary N) is 1. The number of nitrogens with zero attached hydrogens (tertiary/aromatic N) is 3. The van der Waals surface area contributed by atoms with Crippen LogP contribution in [0.3, 0.4) is 0 Å². The fourth-order valence-corrected chi connectivity index (χ4v) is 3.61. The summed E-state index contributed by atoms with van der Waals surface area (Å²) in [5.41, 5.74) is 0.570. The molecule has 0 radical (unpaired) electrons. The molecule has 1 atom stereocenters. The van der Waals surface area contributed by atoms with E-state index in [1.165, 1.54) is 36.0 Å². The molecule has 1 unspecified atom stereocenters. The Balaban J connectivity index is 1.62. The maximum absolute atomic E-state index is 12.9. The van der Waals surface area contributed by atoms with E-state index < -0.39 is 0 Å². The Hall–Kier alpha value is -1.93. The fraction of sp³-hybridized carbons (Fsp3) is 0.500. The molecule has 0 bridgehead atoms. The Bertz CT molecular complexity index is 742. The first-order chi connectivity index (χ1) is 12.5. The molecule has 1 aliphatic rings. The minimum absolute atomic E-state index is 0.167. The second-order valence-electron chi connectivity index (χ2n) is 6.58. The van der Waals surface area contributed by atoms with Gasteiger partial charge in [0, 0.05) is 18.2 Å². The number of rotatable bonds is 7. The van der Waals surface area contributed by atoms with E-state index in [0.29, 0.717) is 12.2 Å². The first kappa shape index (κ1) is 18.8. The van der Waals surface area contributed by atoms with E-state index in [0.717, 1.165) is 30.4 Å². The lowest BCUT2D eigenvalue weighted by Gasteiger charge is -2.15. The van der Waals surface area contributed by atoms with Crippen LogP contribution in [0.15, 0.2) is 29.4 Å². The Labute approximate surface area is 156 Å². The standard InChI is InChI=1S/C18H23FN4O2S/c1-12(2)17-21-22-18(23(17)10-15-4-3-9-25-15)26-11-16(24)20-14-7-5-13(19)6-8-14/h5-8,12,15H,3-4,9-11H2,1-2H3,(H,20,24). The zero-order valence-corrected chi connectivity index (χ0v) is 15.8. The van der Waals surface area contributed by atoms with Crippen LogP contribution in [-0.4, -0.2) is 39.1 Å². The van der Waals surface area contributed by atoms with Crippen molar-refractivity contribution in [2.24, 2.45) is 0 Å². The molecule has 0 spiro atoms. The van der Waals surface area contributed by atoms with Crippen molar-refractivity contribution in [2.75, 3.05) is 17.7 Å². The number of hydrogen-bond acceptors (Lipinski definition) is 5. The summed E-state index contributed by atoms with van der Waals surface area (Å²) in [6.45, 7) is 5.66. The molecule has 2 heterocycles. The quantitative estimate of drug-likeness (QED) is 0.748. The minimum Gasteiger partial charge on any atom is -0.376 e. The van der Waals surface area contributed by atoms with Gasteiger partial charge < -0.3 is 14.6 Å². The number of amides is 1. The highest BCUT2D eigenvalue weighted by Crippen LogP contribution is 2.24. The lowest BCUT2D eigenvalue weighted by molar-refractivity contribution is -0.113. The Morgan fingerprint density at radius 2 is 2.15 bits per heavy atom. The highest BCUT2D eigenvalue weighted by atomic mass is 32.2. The van der Waals surface area contributed by atoms with Gasteiger partial charge in [-0.05, 0) is 37.1 Å². The molecular formula is C18H23FN4O2S. The SMILES string of the molecule is CC(C)c1nnc(SCC(=O)Nc2ccc(F)cc2)n1CC1CCCO1. The lowest BCUT2D eigenvalue weighted by atomic mass is 10.2. The second-order valence-corrected chi connectivity index (χ2v) is 7.53. The molecule has 0 saturated carbocycles. The fourth-order valence-electron chi connectivity index (χ4n) is 2.86. The molecule has 1 aliphatic heterocycles. The van der Waals surface area contributed by atoms with Crippen molar-refractivity contribution in [2.45, 2.75) is 50.4 Å². The number of thioether (sulfide) groups is 1. The average Bonchev–Trinajstić information content (AvgIpc) is 3.25. The molecule has 1 saturated heterocycles. The van der Waals surface area contributed by atoms with Crippen LogP contribution in [0.2, 0.25) is 0 Å². The summed E-state index contributed by atoms with van der Waals surface area (Å²) in [6.07, 6.45) is 2.29. The molecule has 1 aromatic carbocycles. The summed E-state index contributed by atoms with van der Waals surface area (Å²) in [6, 6.07) is 5.70. The van der Waals surface area contributed by atoms with Gasteiger partial charge >= 0.3 is 0 Å². The highest BCUT2D eigenvalue weighted by Gasteiger charge is 2.22. The van der Waals surface area contributed by atoms with Crippen LogP contribution >= 0.6 is 11.8 Å². The van der Waals surface area contributed by atoms with Crippen molar-refractivity contribution in [3.8, 4) is 0 Å². The number of ether oxygens (including phenoxy) is 1. The Morgan fingerprint density at radius 1 is 1.38 bits per heavy atom. The molecule has 2 aromatic rings.